The number of nitrogens with two attached hydrogens (primary N) is 1. The van der Waals surface area contributed by atoms with Gasteiger partial charge in [0, 0.05) is 0 Å². The summed E-state index contributed by atoms with van der Waals surface area (Å²) in [6.45, 7) is 0.407. The van der Waals surface area contributed by atoms with E-state index in [1.165, 1.54) is 0 Å². The van der Waals surface area contributed by atoms with Crippen molar-refractivity contribution in [1.29, 1.82) is 0 Å². The highest BCUT2D eigenvalue weighted by molar-refractivity contribution is 6.61. The minimum Gasteiger partial charge on any atom is -0.413 e. The maximum atomic E-state index is 8.93. The summed E-state index contributed by atoms with van der Waals surface area (Å²) in [5, 5.41) is 0. The maximum absolute atomic E-state index is 8.93. The standard InChI is InChI=1S/C3H13NO5Si2/c4-2-1-3-10(5)9-11(6,7)8/h5-8,10H,1-4H2. The lowest BCUT2D eigenvalue weighted by Gasteiger charge is -2.13. The summed E-state index contributed by atoms with van der Waals surface area (Å²) in [6, 6.07) is 0.312. The molecule has 11 heavy (non-hydrogen) atoms. The molecule has 1 atom stereocenters. The van der Waals surface area contributed by atoms with Gasteiger partial charge in [0.15, 0.2) is 0 Å². The lowest BCUT2D eigenvalue weighted by atomic mass is 10.5. The Morgan fingerprint density at radius 3 is 2.27 bits per heavy atom. The van der Waals surface area contributed by atoms with Crippen LogP contribution in [0.5, 0.6) is 0 Å². The van der Waals surface area contributed by atoms with Gasteiger partial charge in [0.2, 0.25) is 0 Å². The molecule has 0 aliphatic carbocycles. The van der Waals surface area contributed by atoms with E-state index < -0.39 is 18.3 Å². The highest BCUT2D eigenvalue weighted by Gasteiger charge is 2.33. The molecule has 6 N–H and O–H groups in total. The van der Waals surface area contributed by atoms with Crippen LogP contribution in [0.2, 0.25) is 6.04 Å². The summed E-state index contributed by atoms with van der Waals surface area (Å²) in [5.41, 5.74) is 5.12. The number of hydrogen-bond donors (Lipinski definition) is 5. The second-order valence-electron chi connectivity index (χ2n) is 2.08. The minimum atomic E-state index is -4.50. The van der Waals surface area contributed by atoms with E-state index in [4.69, 9.17) is 24.9 Å². The molecule has 0 bridgehead atoms. The Labute approximate surface area is 67.2 Å². The molecule has 0 saturated carbocycles. The van der Waals surface area contributed by atoms with Crippen molar-refractivity contribution in [2.45, 2.75) is 12.5 Å². The van der Waals surface area contributed by atoms with Gasteiger partial charge in [0.05, 0.1) is 0 Å². The first-order chi connectivity index (χ1) is 4.95. The third kappa shape index (κ3) is 8.10. The molecule has 0 radical (unpaired) electrons. The molecule has 0 fully saturated rings. The molecular formula is C3H13NO5Si2. The van der Waals surface area contributed by atoms with Crippen molar-refractivity contribution in [1.82, 2.24) is 0 Å². The molecule has 0 amide bonds. The van der Waals surface area contributed by atoms with Crippen LogP contribution in [0.3, 0.4) is 0 Å². The fourth-order valence-corrected chi connectivity index (χ4v) is 3.05. The quantitative estimate of drug-likeness (QED) is 0.301. The van der Waals surface area contributed by atoms with Crippen molar-refractivity contribution in [3.8, 4) is 0 Å². The van der Waals surface area contributed by atoms with Gasteiger partial charge in [-0.15, -0.1) is 0 Å². The molecule has 0 heterocycles. The molecule has 0 aromatic heterocycles. The van der Waals surface area contributed by atoms with Crippen LogP contribution in [0.4, 0.5) is 0 Å². The summed E-state index contributed by atoms with van der Waals surface area (Å²) < 4.78 is 4.18. The first kappa shape index (κ1) is 11.2. The normalized spacial score (nSPS) is 15.0. The largest absolute Gasteiger partial charge is 0.662 e. The zero-order chi connectivity index (χ0) is 8.91. The van der Waals surface area contributed by atoms with Crippen molar-refractivity contribution in [3.05, 3.63) is 0 Å². The van der Waals surface area contributed by atoms with Crippen LogP contribution < -0.4 is 5.73 Å². The molecule has 0 aliphatic rings. The van der Waals surface area contributed by atoms with Gasteiger partial charge in [0.1, 0.15) is 0 Å². The van der Waals surface area contributed by atoms with E-state index in [2.05, 4.69) is 4.12 Å². The van der Waals surface area contributed by atoms with E-state index in [1.807, 2.05) is 0 Å². The highest BCUT2D eigenvalue weighted by Crippen LogP contribution is 1.99. The van der Waals surface area contributed by atoms with E-state index in [0.717, 1.165) is 0 Å². The van der Waals surface area contributed by atoms with Crippen molar-refractivity contribution in [2.75, 3.05) is 6.54 Å². The monoisotopic (exact) mass is 199 g/mol. The second kappa shape index (κ2) is 4.95. The summed E-state index contributed by atoms with van der Waals surface area (Å²) in [7, 11) is -7.11. The maximum Gasteiger partial charge on any atom is 0.662 e. The van der Waals surface area contributed by atoms with Gasteiger partial charge < -0.3 is 29.0 Å². The molecule has 6 nitrogen and oxygen atoms in total. The van der Waals surface area contributed by atoms with Gasteiger partial charge >= 0.3 is 18.3 Å². The first-order valence-corrected chi connectivity index (χ1v) is 6.74. The van der Waals surface area contributed by atoms with Crippen molar-refractivity contribution in [2.24, 2.45) is 5.73 Å². The summed E-state index contributed by atoms with van der Waals surface area (Å²) >= 11 is 0. The van der Waals surface area contributed by atoms with Crippen LogP contribution in [0.25, 0.3) is 0 Å². The van der Waals surface area contributed by atoms with Gasteiger partial charge in [-0.05, 0) is 19.0 Å². The molecule has 0 aromatic rings. The zero-order valence-electron chi connectivity index (χ0n) is 5.97. The molecule has 8 heteroatoms. The Balaban J connectivity index is 3.44. The SMILES string of the molecule is NCCC[SiH](O)O[Si](O)(O)O. The topological polar surface area (TPSA) is 116 Å². The van der Waals surface area contributed by atoms with Crippen molar-refractivity contribution >= 4 is 18.3 Å². The van der Waals surface area contributed by atoms with E-state index >= 15 is 0 Å². The van der Waals surface area contributed by atoms with Gasteiger partial charge in [-0.2, -0.15) is 0 Å². The third-order valence-corrected chi connectivity index (χ3v) is 4.20. The van der Waals surface area contributed by atoms with Crippen LogP contribution in [0.15, 0.2) is 0 Å². The number of rotatable bonds is 5. The summed E-state index contributed by atoms with van der Waals surface area (Å²) in [4.78, 5) is 34.0. The number of hydrogen-bond acceptors (Lipinski definition) is 6. The Morgan fingerprint density at radius 1 is 1.36 bits per heavy atom. The van der Waals surface area contributed by atoms with Crippen LogP contribution >= 0.6 is 0 Å². The average Bonchev–Trinajstić information content (AvgIpc) is 1.79. The smallest absolute Gasteiger partial charge is 0.413 e. The fraction of sp³-hybridized carbons (Fsp3) is 1.00. The minimum absolute atomic E-state index is 0.312. The van der Waals surface area contributed by atoms with Crippen LogP contribution in [-0.2, 0) is 4.12 Å². The molecule has 1 unspecified atom stereocenters. The molecule has 0 saturated heterocycles. The van der Waals surface area contributed by atoms with Gasteiger partial charge in [0.25, 0.3) is 0 Å². The zero-order valence-corrected chi connectivity index (χ0v) is 8.13. The lowest BCUT2D eigenvalue weighted by molar-refractivity contribution is 0.116. The molecular weight excluding hydrogens is 186 g/mol. The van der Waals surface area contributed by atoms with E-state index in [1.54, 1.807) is 0 Å². The average molecular weight is 199 g/mol. The summed E-state index contributed by atoms with van der Waals surface area (Å²) in [6.07, 6.45) is 0.553. The fourth-order valence-electron chi connectivity index (χ4n) is 0.534. The molecule has 68 valence electrons. The van der Waals surface area contributed by atoms with Gasteiger partial charge in [-0.25, -0.2) is 0 Å². The van der Waals surface area contributed by atoms with Crippen LogP contribution in [-0.4, -0.2) is 44.1 Å². The molecule has 0 rings (SSSR count). The van der Waals surface area contributed by atoms with E-state index in [9.17, 15) is 0 Å². The van der Waals surface area contributed by atoms with E-state index in [0.29, 0.717) is 19.0 Å². The Kier molecular flexibility index (Phi) is 5.04. The Hall–Kier alpha value is 0.194. The Morgan fingerprint density at radius 2 is 1.91 bits per heavy atom. The molecule has 0 aromatic carbocycles. The molecule has 0 aliphatic heterocycles. The summed E-state index contributed by atoms with van der Waals surface area (Å²) in [5.74, 6) is 0. The highest BCUT2D eigenvalue weighted by atomic mass is 28.5. The van der Waals surface area contributed by atoms with Crippen molar-refractivity contribution in [3.63, 3.8) is 0 Å². The first-order valence-electron chi connectivity index (χ1n) is 3.19. The second-order valence-corrected chi connectivity index (χ2v) is 5.65. The van der Waals surface area contributed by atoms with E-state index in [-0.39, 0.29) is 0 Å². The van der Waals surface area contributed by atoms with Gasteiger partial charge in [-0.3, -0.25) is 0 Å². The lowest BCUT2D eigenvalue weighted by Crippen LogP contribution is -2.44. The third-order valence-electron chi connectivity index (χ3n) is 0.949. The van der Waals surface area contributed by atoms with Gasteiger partial charge in [-0.1, -0.05) is 0 Å². The van der Waals surface area contributed by atoms with Crippen LogP contribution in [0, 0.1) is 0 Å². The predicted octanol–water partition coefficient (Wildman–Crippen LogP) is -3.02. The van der Waals surface area contributed by atoms with Crippen LogP contribution in [0.1, 0.15) is 6.42 Å². The Bertz CT molecular complexity index is 106. The predicted molar refractivity (Wildman–Crippen MR) is 41.3 cm³/mol. The van der Waals surface area contributed by atoms with Crippen molar-refractivity contribution < 1.29 is 23.3 Å². The molecule has 0 spiro atoms.